The van der Waals surface area contributed by atoms with Gasteiger partial charge in [0.25, 0.3) is 0 Å². The van der Waals surface area contributed by atoms with Crippen LogP contribution in [0.5, 0.6) is 0 Å². The fourth-order valence-electron chi connectivity index (χ4n) is 6.39. The van der Waals surface area contributed by atoms with Gasteiger partial charge in [-0.15, -0.1) is 0 Å². The highest BCUT2D eigenvalue weighted by molar-refractivity contribution is 5.71. The van der Waals surface area contributed by atoms with E-state index in [1.807, 2.05) is 0 Å². The molecule has 324 valence electrons. The average Bonchev–Trinajstić information content (AvgIpc) is 3.19. The second-order valence-electron chi connectivity index (χ2n) is 15.7. The van der Waals surface area contributed by atoms with E-state index in [0.717, 1.165) is 96.3 Å². The smallest absolute Gasteiger partial charge is 0.306 e. The van der Waals surface area contributed by atoms with Gasteiger partial charge in [-0.3, -0.25) is 14.4 Å². The van der Waals surface area contributed by atoms with E-state index in [0.29, 0.717) is 19.3 Å². The van der Waals surface area contributed by atoms with Crippen molar-refractivity contribution in [2.24, 2.45) is 0 Å². The molecule has 0 aliphatic carbocycles. The third kappa shape index (κ3) is 42.5. The van der Waals surface area contributed by atoms with Crippen LogP contribution in [-0.4, -0.2) is 37.2 Å². The minimum atomic E-state index is -0.783. The molecular formula is C50H88O6. The molecule has 0 aliphatic rings. The zero-order valence-corrected chi connectivity index (χ0v) is 36.9. The highest BCUT2D eigenvalue weighted by Crippen LogP contribution is 2.13. The Hall–Kier alpha value is -2.63. The summed E-state index contributed by atoms with van der Waals surface area (Å²) >= 11 is 0. The summed E-state index contributed by atoms with van der Waals surface area (Å²) in [5.41, 5.74) is 0. The van der Waals surface area contributed by atoms with Crippen LogP contribution in [0.15, 0.2) is 48.6 Å². The summed E-state index contributed by atoms with van der Waals surface area (Å²) in [7, 11) is 0. The summed E-state index contributed by atoms with van der Waals surface area (Å²) < 4.78 is 16.7. The number of carbonyl (C=O) groups is 3. The van der Waals surface area contributed by atoms with Gasteiger partial charge in [0.2, 0.25) is 0 Å². The maximum Gasteiger partial charge on any atom is 0.306 e. The maximum absolute atomic E-state index is 12.7. The lowest BCUT2D eigenvalue weighted by atomic mass is 10.1. The molecule has 0 fully saturated rings. The SMILES string of the molecule is CCCC/C=C\CCCCCCCC(=O)OC[C@H](COC(=O)CCCCCCC/C=C\C/C=C\CCCCC)OC(=O)CCCCCCC/C=C\CCCCC. The molecule has 0 rings (SSSR count). The molecule has 0 spiro atoms. The Morgan fingerprint density at radius 2 is 0.661 bits per heavy atom. The molecule has 1 atom stereocenters. The summed E-state index contributed by atoms with van der Waals surface area (Å²) in [4.78, 5) is 37.8. The molecule has 0 amide bonds. The number of rotatable bonds is 42. The summed E-state index contributed by atoms with van der Waals surface area (Å²) in [6.45, 7) is 6.51. The molecule has 56 heavy (non-hydrogen) atoms. The number of unbranched alkanes of at least 4 members (excludes halogenated alkanes) is 23. The van der Waals surface area contributed by atoms with Crippen molar-refractivity contribution in [3.8, 4) is 0 Å². The molecule has 0 aromatic rings. The number of hydrogen-bond acceptors (Lipinski definition) is 6. The quantitative estimate of drug-likeness (QED) is 0.0265. The fraction of sp³-hybridized carbons (Fsp3) is 0.780. The number of esters is 3. The van der Waals surface area contributed by atoms with Gasteiger partial charge in [-0.1, -0.05) is 166 Å². The van der Waals surface area contributed by atoms with E-state index >= 15 is 0 Å². The molecule has 0 saturated heterocycles. The van der Waals surface area contributed by atoms with Gasteiger partial charge in [0.15, 0.2) is 6.10 Å². The lowest BCUT2D eigenvalue weighted by molar-refractivity contribution is -0.167. The first kappa shape index (κ1) is 53.4. The molecule has 0 bridgehead atoms. The largest absolute Gasteiger partial charge is 0.462 e. The highest BCUT2D eigenvalue weighted by atomic mass is 16.6. The van der Waals surface area contributed by atoms with Crippen LogP contribution in [0.3, 0.4) is 0 Å². The Labute approximate surface area is 346 Å². The van der Waals surface area contributed by atoms with Crippen molar-refractivity contribution in [2.45, 2.75) is 239 Å². The molecule has 0 heterocycles. The topological polar surface area (TPSA) is 78.9 Å². The molecule has 0 aromatic carbocycles. The van der Waals surface area contributed by atoms with E-state index in [-0.39, 0.29) is 31.1 Å². The molecule has 0 unspecified atom stereocenters. The third-order valence-electron chi connectivity index (χ3n) is 10.0. The standard InChI is InChI=1S/C50H88O6/c1-4-7-10-13-16-19-22-24-25-26-29-31-34-37-40-43-49(52)55-46-47(45-54-48(51)42-39-36-33-30-27-21-18-15-12-9-6-3)56-50(53)44-41-38-35-32-28-23-20-17-14-11-8-5-2/h15-20,24-25,47H,4-14,21-23,26-46H2,1-3H3/b18-15-,19-16-,20-17-,25-24-/t47-/m1/s1. The number of hydrogen-bond donors (Lipinski definition) is 0. The lowest BCUT2D eigenvalue weighted by Crippen LogP contribution is -2.30. The molecule has 6 nitrogen and oxygen atoms in total. The molecule has 0 radical (unpaired) electrons. The normalized spacial score (nSPS) is 12.4. The van der Waals surface area contributed by atoms with Crippen molar-refractivity contribution in [1.29, 1.82) is 0 Å². The minimum absolute atomic E-state index is 0.0854. The van der Waals surface area contributed by atoms with Gasteiger partial charge in [-0.05, 0) is 96.3 Å². The number of carbonyl (C=O) groups excluding carboxylic acids is 3. The van der Waals surface area contributed by atoms with Crippen molar-refractivity contribution in [1.82, 2.24) is 0 Å². The van der Waals surface area contributed by atoms with Gasteiger partial charge >= 0.3 is 17.9 Å². The van der Waals surface area contributed by atoms with E-state index in [9.17, 15) is 14.4 Å². The monoisotopic (exact) mass is 785 g/mol. The predicted octanol–water partition coefficient (Wildman–Crippen LogP) is 15.1. The maximum atomic E-state index is 12.7. The van der Waals surface area contributed by atoms with Crippen LogP contribution >= 0.6 is 0 Å². The Morgan fingerprint density at radius 3 is 1.05 bits per heavy atom. The van der Waals surface area contributed by atoms with Gasteiger partial charge < -0.3 is 14.2 Å². The molecule has 6 heteroatoms. The van der Waals surface area contributed by atoms with Gasteiger partial charge in [0.05, 0.1) is 0 Å². The van der Waals surface area contributed by atoms with Crippen LogP contribution in [0.4, 0.5) is 0 Å². The van der Waals surface area contributed by atoms with E-state index < -0.39 is 6.10 Å². The Balaban J connectivity index is 4.41. The highest BCUT2D eigenvalue weighted by Gasteiger charge is 2.19. The summed E-state index contributed by atoms with van der Waals surface area (Å²) in [6, 6.07) is 0. The van der Waals surface area contributed by atoms with Crippen LogP contribution in [0.2, 0.25) is 0 Å². The van der Waals surface area contributed by atoms with Crippen molar-refractivity contribution in [3.05, 3.63) is 48.6 Å². The van der Waals surface area contributed by atoms with Crippen molar-refractivity contribution < 1.29 is 28.6 Å². The predicted molar refractivity (Wildman–Crippen MR) is 238 cm³/mol. The van der Waals surface area contributed by atoms with Crippen molar-refractivity contribution >= 4 is 17.9 Å². The summed E-state index contributed by atoms with van der Waals surface area (Å²) in [5, 5.41) is 0. The first-order valence-electron chi connectivity index (χ1n) is 23.6. The summed E-state index contributed by atoms with van der Waals surface area (Å²) in [6.07, 6.45) is 52.3. The van der Waals surface area contributed by atoms with E-state index in [1.165, 1.54) is 96.3 Å². The first-order valence-corrected chi connectivity index (χ1v) is 23.6. The van der Waals surface area contributed by atoms with Crippen LogP contribution in [0.25, 0.3) is 0 Å². The molecular weight excluding hydrogens is 697 g/mol. The third-order valence-corrected chi connectivity index (χ3v) is 10.0. The van der Waals surface area contributed by atoms with E-state index in [1.54, 1.807) is 0 Å². The first-order chi connectivity index (χ1) is 27.5. The molecule has 0 N–H and O–H groups in total. The van der Waals surface area contributed by atoms with Gasteiger partial charge in [0, 0.05) is 19.3 Å². The fourth-order valence-corrected chi connectivity index (χ4v) is 6.39. The van der Waals surface area contributed by atoms with E-state index in [2.05, 4.69) is 69.4 Å². The Kier molecular flexibility index (Phi) is 43.0. The van der Waals surface area contributed by atoms with Crippen LogP contribution in [-0.2, 0) is 28.6 Å². The van der Waals surface area contributed by atoms with Crippen LogP contribution < -0.4 is 0 Å². The van der Waals surface area contributed by atoms with Crippen LogP contribution in [0, 0.1) is 0 Å². The Morgan fingerprint density at radius 1 is 0.357 bits per heavy atom. The minimum Gasteiger partial charge on any atom is -0.462 e. The van der Waals surface area contributed by atoms with Crippen molar-refractivity contribution in [2.75, 3.05) is 13.2 Å². The lowest BCUT2D eigenvalue weighted by Gasteiger charge is -2.18. The second-order valence-corrected chi connectivity index (χ2v) is 15.7. The van der Waals surface area contributed by atoms with Gasteiger partial charge in [-0.25, -0.2) is 0 Å². The van der Waals surface area contributed by atoms with E-state index in [4.69, 9.17) is 14.2 Å². The van der Waals surface area contributed by atoms with Crippen molar-refractivity contribution in [3.63, 3.8) is 0 Å². The van der Waals surface area contributed by atoms with Gasteiger partial charge in [-0.2, -0.15) is 0 Å². The second kappa shape index (κ2) is 45.1. The molecule has 0 aliphatic heterocycles. The average molecular weight is 785 g/mol. The number of ether oxygens (including phenoxy) is 3. The zero-order valence-electron chi connectivity index (χ0n) is 36.9. The Bertz CT molecular complexity index is 996. The molecule has 0 saturated carbocycles. The zero-order chi connectivity index (χ0) is 40.8. The summed E-state index contributed by atoms with van der Waals surface area (Å²) in [5.74, 6) is -0.918. The number of allylic oxidation sites excluding steroid dienone is 8. The van der Waals surface area contributed by atoms with Crippen LogP contribution in [0.1, 0.15) is 233 Å². The van der Waals surface area contributed by atoms with Gasteiger partial charge in [0.1, 0.15) is 13.2 Å². The molecule has 0 aromatic heterocycles.